The smallest absolute Gasteiger partial charge is 0.372 e. The standard InChI is InChI=1S/C15H10F6INO2/c16-14(17,18)9-4-10(15(19,20)21)6-11(5-9)23-12(24)8-2-1-3-13(22,25)7-8/h1,3-7,25H,2H2,(H,23,24). The molecule has 0 spiro atoms. The Labute approximate surface area is 151 Å². The molecule has 10 heteroatoms. The first-order valence-corrected chi connectivity index (χ1v) is 7.77. The fourth-order valence-electron chi connectivity index (χ4n) is 2.10. The van der Waals surface area contributed by atoms with Crippen molar-refractivity contribution >= 4 is 34.2 Å². The van der Waals surface area contributed by atoms with Crippen molar-refractivity contribution in [1.82, 2.24) is 0 Å². The van der Waals surface area contributed by atoms with Crippen LogP contribution in [0.5, 0.6) is 0 Å². The summed E-state index contributed by atoms with van der Waals surface area (Å²) in [7, 11) is 0. The molecular weight excluding hydrogens is 467 g/mol. The quantitative estimate of drug-likeness (QED) is 0.282. The third kappa shape index (κ3) is 5.21. The van der Waals surface area contributed by atoms with Crippen molar-refractivity contribution in [3.8, 4) is 0 Å². The van der Waals surface area contributed by atoms with E-state index in [1.54, 1.807) is 22.6 Å². The molecule has 3 nitrogen and oxygen atoms in total. The predicted octanol–water partition coefficient (Wildman–Crippen LogP) is 4.67. The van der Waals surface area contributed by atoms with Crippen molar-refractivity contribution in [1.29, 1.82) is 0 Å². The van der Waals surface area contributed by atoms with Gasteiger partial charge in [0.15, 0.2) is 3.61 Å². The van der Waals surface area contributed by atoms with Crippen LogP contribution >= 0.6 is 22.6 Å². The highest BCUT2D eigenvalue weighted by Crippen LogP contribution is 2.37. The van der Waals surface area contributed by atoms with Gasteiger partial charge in [0.1, 0.15) is 0 Å². The van der Waals surface area contributed by atoms with Gasteiger partial charge in [-0.3, -0.25) is 4.79 Å². The molecule has 1 aliphatic carbocycles. The number of aliphatic hydroxyl groups is 1. The largest absolute Gasteiger partial charge is 0.416 e. The lowest BCUT2D eigenvalue weighted by Gasteiger charge is -2.19. The number of allylic oxidation sites excluding steroid dienone is 1. The van der Waals surface area contributed by atoms with E-state index in [9.17, 15) is 36.2 Å². The number of alkyl halides is 7. The number of hydrogen-bond donors (Lipinski definition) is 2. The summed E-state index contributed by atoms with van der Waals surface area (Å²) in [5, 5.41) is 11.8. The molecule has 1 unspecified atom stereocenters. The molecule has 1 aromatic rings. The van der Waals surface area contributed by atoms with Crippen LogP contribution in [0, 0.1) is 0 Å². The van der Waals surface area contributed by atoms with E-state index >= 15 is 0 Å². The number of rotatable bonds is 2. The van der Waals surface area contributed by atoms with E-state index in [1.165, 1.54) is 18.2 Å². The molecule has 25 heavy (non-hydrogen) atoms. The molecule has 136 valence electrons. The summed E-state index contributed by atoms with van der Waals surface area (Å²) in [6, 6.07) is 0.813. The Morgan fingerprint density at radius 1 is 1.08 bits per heavy atom. The van der Waals surface area contributed by atoms with E-state index in [4.69, 9.17) is 0 Å². The van der Waals surface area contributed by atoms with E-state index in [-0.39, 0.29) is 18.1 Å². The molecule has 0 aromatic heterocycles. The molecule has 0 saturated heterocycles. The van der Waals surface area contributed by atoms with Gasteiger partial charge in [-0.2, -0.15) is 26.3 Å². The van der Waals surface area contributed by atoms with Crippen LogP contribution in [0.25, 0.3) is 0 Å². The topological polar surface area (TPSA) is 49.3 Å². The minimum absolute atomic E-state index is 0.0189. The molecule has 0 fully saturated rings. The lowest BCUT2D eigenvalue weighted by atomic mass is 10.0. The molecule has 0 radical (unpaired) electrons. The Hall–Kier alpha value is -1.56. The van der Waals surface area contributed by atoms with Crippen LogP contribution in [0.15, 0.2) is 42.0 Å². The minimum Gasteiger partial charge on any atom is -0.372 e. The molecule has 2 N–H and O–H groups in total. The van der Waals surface area contributed by atoms with Gasteiger partial charge >= 0.3 is 12.4 Å². The first-order valence-electron chi connectivity index (χ1n) is 6.69. The van der Waals surface area contributed by atoms with Gasteiger partial charge in [0, 0.05) is 11.3 Å². The fourth-order valence-corrected chi connectivity index (χ4v) is 2.73. The monoisotopic (exact) mass is 477 g/mol. The predicted molar refractivity (Wildman–Crippen MR) is 85.9 cm³/mol. The molecule has 1 aliphatic rings. The molecule has 0 heterocycles. The first kappa shape index (κ1) is 19.8. The van der Waals surface area contributed by atoms with Crippen molar-refractivity contribution in [3.05, 3.63) is 53.1 Å². The van der Waals surface area contributed by atoms with Crippen LogP contribution in [0.3, 0.4) is 0 Å². The summed E-state index contributed by atoms with van der Waals surface area (Å²) in [5.41, 5.74) is -3.67. The third-order valence-electron chi connectivity index (χ3n) is 3.20. The van der Waals surface area contributed by atoms with Crippen LogP contribution in [-0.2, 0) is 17.1 Å². The fraction of sp³-hybridized carbons (Fsp3) is 0.267. The lowest BCUT2D eigenvalue weighted by molar-refractivity contribution is -0.143. The van der Waals surface area contributed by atoms with E-state index in [2.05, 4.69) is 0 Å². The van der Waals surface area contributed by atoms with E-state index < -0.39 is 38.7 Å². The average molecular weight is 477 g/mol. The zero-order valence-electron chi connectivity index (χ0n) is 12.2. The maximum atomic E-state index is 12.8. The number of amides is 1. The van der Waals surface area contributed by atoms with Gasteiger partial charge in [0.25, 0.3) is 5.91 Å². The molecule has 0 saturated carbocycles. The average Bonchev–Trinajstić information content (AvgIpc) is 2.44. The van der Waals surface area contributed by atoms with Gasteiger partial charge in [-0.25, -0.2) is 0 Å². The summed E-state index contributed by atoms with van der Waals surface area (Å²) in [5.74, 6) is -0.896. The molecule has 0 aliphatic heterocycles. The summed E-state index contributed by atoms with van der Waals surface area (Å²) in [6.07, 6.45) is -5.89. The summed E-state index contributed by atoms with van der Waals surface area (Å²) in [6.45, 7) is 0. The Morgan fingerprint density at radius 2 is 1.60 bits per heavy atom. The first-order chi connectivity index (χ1) is 11.3. The normalized spacial score (nSPS) is 21.0. The summed E-state index contributed by atoms with van der Waals surface area (Å²) < 4.78 is 75.3. The van der Waals surface area contributed by atoms with Gasteiger partial charge in [-0.1, -0.05) is 6.08 Å². The minimum atomic E-state index is -5.00. The molecule has 1 amide bonds. The Kier molecular flexibility index (Phi) is 5.24. The van der Waals surface area contributed by atoms with Crippen LogP contribution in [-0.4, -0.2) is 14.6 Å². The van der Waals surface area contributed by atoms with Gasteiger partial charge in [-0.15, -0.1) is 0 Å². The van der Waals surface area contributed by atoms with Crippen LogP contribution in [0.2, 0.25) is 0 Å². The number of benzene rings is 1. The third-order valence-corrected chi connectivity index (χ3v) is 3.87. The second-order valence-corrected chi connectivity index (χ2v) is 6.98. The Balaban J connectivity index is 2.36. The molecule has 1 atom stereocenters. The van der Waals surface area contributed by atoms with Gasteiger partial charge < -0.3 is 10.4 Å². The molecule has 2 rings (SSSR count). The molecular formula is C15H10F6INO2. The number of nitrogens with one attached hydrogen (secondary N) is 1. The van der Waals surface area contributed by atoms with Crippen molar-refractivity contribution in [2.24, 2.45) is 0 Å². The Bertz CT molecular complexity index is 717. The van der Waals surface area contributed by atoms with Crippen LogP contribution in [0.1, 0.15) is 17.5 Å². The highest BCUT2D eigenvalue weighted by Gasteiger charge is 2.37. The van der Waals surface area contributed by atoms with Gasteiger partial charge in [-0.05, 0) is 59.4 Å². The number of anilines is 1. The number of carbonyl (C=O) groups is 1. The molecule has 1 aromatic carbocycles. The number of carbonyl (C=O) groups excluding carboxylic acids is 1. The number of hydrogen-bond acceptors (Lipinski definition) is 2. The summed E-state index contributed by atoms with van der Waals surface area (Å²) >= 11 is 1.62. The van der Waals surface area contributed by atoms with Gasteiger partial charge in [0.2, 0.25) is 0 Å². The Morgan fingerprint density at radius 3 is 2.04 bits per heavy atom. The maximum Gasteiger partial charge on any atom is 0.416 e. The van der Waals surface area contributed by atoms with Crippen molar-refractivity contribution in [3.63, 3.8) is 0 Å². The number of halogens is 7. The zero-order chi connectivity index (χ0) is 19.0. The second-order valence-electron chi connectivity index (χ2n) is 5.25. The van der Waals surface area contributed by atoms with Crippen molar-refractivity contribution < 1.29 is 36.2 Å². The van der Waals surface area contributed by atoms with E-state index in [0.717, 1.165) is 0 Å². The molecule has 0 bridgehead atoms. The maximum absolute atomic E-state index is 12.8. The lowest BCUT2D eigenvalue weighted by Crippen LogP contribution is -2.22. The highest BCUT2D eigenvalue weighted by atomic mass is 127. The van der Waals surface area contributed by atoms with E-state index in [1.807, 2.05) is 5.32 Å². The van der Waals surface area contributed by atoms with Gasteiger partial charge in [0.05, 0.1) is 11.1 Å². The van der Waals surface area contributed by atoms with Crippen LogP contribution in [0.4, 0.5) is 32.0 Å². The van der Waals surface area contributed by atoms with E-state index in [0.29, 0.717) is 12.1 Å². The van der Waals surface area contributed by atoms with Crippen molar-refractivity contribution in [2.45, 2.75) is 22.4 Å². The van der Waals surface area contributed by atoms with Crippen molar-refractivity contribution in [2.75, 3.05) is 5.32 Å². The SMILES string of the molecule is O=C(Nc1cc(C(F)(F)F)cc(C(F)(F)F)c1)C1=CC(O)(I)C=CC1. The summed E-state index contributed by atoms with van der Waals surface area (Å²) in [4.78, 5) is 12.1. The zero-order valence-corrected chi connectivity index (χ0v) is 14.3. The second kappa shape index (κ2) is 6.63. The highest BCUT2D eigenvalue weighted by molar-refractivity contribution is 14.1. The van der Waals surface area contributed by atoms with Crippen LogP contribution < -0.4 is 5.32 Å².